The van der Waals surface area contributed by atoms with E-state index in [1.807, 2.05) is 0 Å². The molecular weight excluding hydrogens is 252 g/mol. The van der Waals surface area contributed by atoms with Gasteiger partial charge in [-0.05, 0) is 63.2 Å². The van der Waals surface area contributed by atoms with Crippen LogP contribution in [0.2, 0.25) is 0 Å². The van der Waals surface area contributed by atoms with Crippen molar-refractivity contribution in [2.24, 2.45) is 23.7 Å². The Morgan fingerprint density at radius 1 is 1.25 bits per heavy atom. The van der Waals surface area contributed by atoms with E-state index in [1.165, 1.54) is 19.8 Å². The molecule has 114 valence electrons. The monoisotopic (exact) mass is 280 g/mol. The zero-order valence-electron chi connectivity index (χ0n) is 13.4. The molecule has 1 heterocycles. The van der Waals surface area contributed by atoms with Crippen molar-refractivity contribution in [3.05, 3.63) is 0 Å². The maximum Gasteiger partial charge on any atom is 0.302 e. The summed E-state index contributed by atoms with van der Waals surface area (Å²) in [6, 6.07) is 0. The lowest BCUT2D eigenvalue weighted by Gasteiger charge is -2.42. The number of carbonyl (C=O) groups excluding carboxylic acids is 1. The summed E-state index contributed by atoms with van der Waals surface area (Å²) in [4.78, 5) is 11.4. The van der Waals surface area contributed by atoms with E-state index in [0.717, 1.165) is 12.8 Å². The number of fused-ring (bicyclic) bond motifs is 1. The third kappa shape index (κ3) is 1.93. The fourth-order valence-corrected chi connectivity index (χ4v) is 5.26. The molecule has 2 bridgehead atoms. The summed E-state index contributed by atoms with van der Waals surface area (Å²) in [6.45, 7) is 10.6. The van der Waals surface area contributed by atoms with Crippen molar-refractivity contribution in [1.82, 2.24) is 0 Å². The summed E-state index contributed by atoms with van der Waals surface area (Å²) in [6.07, 6.45) is 4.62. The summed E-state index contributed by atoms with van der Waals surface area (Å²) >= 11 is 0. The fourth-order valence-electron chi connectivity index (χ4n) is 5.26. The first-order valence-corrected chi connectivity index (χ1v) is 8.13. The molecule has 0 unspecified atom stereocenters. The van der Waals surface area contributed by atoms with Gasteiger partial charge in [0.2, 0.25) is 0 Å². The third-order valence-corrected chi connectivity index (χ3v) is 6.43. The van der Waals surface area contributed by atoms with Crippen molar-refractivity contribution in [3.8, 4) is 0 Å². The van der Waals surface area contributed by atoms with Gasteiger partial charge in [-0.25, -0.2) is 0 Å². The van der Waals surface area contributed by atoms with Gasteiger partial charge in [0.05, 0.1) is 11.2 Å². The number of hydrogen-bond donors (Lipinski definition) is 0. The van der Waals surface area contributed by atoms with Gasteiger partial charge in [-0.15, -0.1) is 0 Å². The Morgan fingerprint density at radius 2 is 1.95 bits per heavy atom. The van der Waals surface area contributed by atoms with Crippen LogP contribution in [0.25, 0.3) is 0 Å². The highest BCUT2D eigenvalue weighted by Crippen LogP contribution is 2.61. The number of carbonyl (C=O) groups is 1. The van der Waals surface area contributed by atoms with Gasteiger partial charge in [0.1, 0.15) is 6.10 Å². The quantitative estimate of drug-likeness (QED) is 0.689. The normalized spacial score (nSPS) is 49.5. The average Bonchev–Trinajstić information content (AvgIpc) is 2.72. The Bertz CT molecular complexity index is 416. The zero-order chi connectivity index (χ0) is 14.7. The van der Waals surface area contributed by atoms with Crippen LogP contribution in [0.15, 0.2) is 0 Å². The summed E-state index contributed by atoms with van der Waals surface area (Å²) in [5.74, 6) is 1.92. The molecule has 2 saturated carbocycles. The second-order valence-electron chi connectivity index (χ2n) is 7.89. The van der Waals surface area contributed by atoms with Crippen LogP contribution in [0.4, 0.5) is 0 Å². The van der Waals surface area contributed by atoms with Gasteiger partial charge in [-0.1, -0.05) is 13.8 Å². The van der Waals surface area contributed by atoms with E-state index < -0.39 is 0 Å². The van der Waals surface area contributed by atoms with E-state index in [0.29, 0.717) is 23.7 Å². The molecular formula is C17H28O3. The number of rotatable bonds is 1. The van der Waals surface area contributed by atoms with E-state index in [9.17, 15) is 4.79 Å². The highest BCUT2D eigenvalue weighted by atomic mass is 16.5. The number of ether oxygens (including phenoxy) is 2. The van der Waals surface area contributed by atoms with Gasteiger partial charge in [0.15, 0.2) is 0 Å². The van der Waals surface area contributed by atoms with Crippen LogP contribution in [-0.4, -0.2) is 23.3 Å². The second kappa shape index (κ2) is 4.46. The first-order valence-electron chi connectivity index (χ1n) is 8.13. The van der Waals surface area contributed by atoms with E-state index in [1.54, 1.807) is 0 Å². The molecule has 3 heteroatoms. The van der Waals surface area contributed by atoms with Crippen LogP contribution >= 0.6 is 0 Å². The molecule has 0 aromatic rings. The lowest BCUT2D eigenvalue weighted by Crippen LogP contribution is -2.47. The molecule has 1 aliphatic heterocycles. The van der Waals surface area contributed by atoms with E-state index in [-0.39, 0.29) is 23.3 Å². The lowest BCUT2D eigenvalue weighted by atomic mass is 9.76. The topological polar surface area (TPSA) is 35.5 Å². The van der Waals surface area contributed by atoms with Crippen molar-refractivity contribution in [1.29, 1.82) is 0 Å². The average molecular weight is 280 g/mol. The Balaban J connectivity index is 1.96. The number of hydrogen-bond acceptors (Lipinski definition) is 3. The molecule has 6 atom stereocenters. The van der Waals surface area contributed by atoms with Crippen molar-refractivity contribution in [2.45, 2.75) is 77.6 Å². The molecule has 1 spiro atoms. The van der Waals surface area contributed by atoms with Gasteiger partial charge in [0.25, 0.3) is 0 Å². The van der Waals surface area contributed by atoms with Crippen LogP contribution in [-0.2, 0) is 14.3 Å². The summed E-state index contributed by atoms with van der Waals surface area (Å²) < 4.78 is 12.3. The highest BCUT2D eigenvalue weighted by molar-refractivity contribution is 5.66. The second-order valence-corrected chi connectivity index (χ2v) is 7.89. The predicted molar refractivity (Wildman–Crippen MR) is 77.2 cm³/mol. The molecule has 3 aliphatic rings. The van der Waals surface area contributed by atoms with Gasteiger partial charge in [0, 0.05) is 6.92 Å². The Kier molecular flexibility index (Phi) is 3.20. The molecule has 0 aromatic carbocycles. The third-order valence-electron chi connectivity index (χ3n) is 6.43. The Morgan fingerprint density at radius 3 is 2.60 bits per heavy atom. The molecule has 3 nitrogen and oxygen atoms in total. The van der Waals surface area contributed by atoms with Crippen LogP contribution < -0.4 is 0 Å². The molecule has 1 saturated heterocycles. The van der Waals surface area contributed by atoms with Crippen molar-refractivity contribution >= 4 is 5.97 Å². The van der Waals surface area contributed by atoms with E-state index in [4.69, 9.17) is 9.47 Å². The van der Waals surface area contributed by atoms with Gasteiger partial charge in [-0.3, -0.25) is 4.79 Å². The molecule has 20 heavy (non-hydrogen) atoms. The molecule has 0 N–H and O–H groups in total. The standard InChI is InChI=1S/C17H28O3/c1-10-6-7-14-11(2)15(19-12(3)18)8-13-9-17(10,14)20-16(13,4)5/h10-11,13-15H,6-9H2,1-5H3/t10-,11-,13-,14-,15+,17-/m1/s1. The van der Waals surface area contributed by atoms with Crippen molar-refractivity contribution in [3.63, 3.8) is 0 Å². The molecule has 3 rings (SSSR count). The maximum atomic E-state index is 11.4. The van der Waals surface area contributed by atoms with Crippen LogP contribution in [0, 0.1) is 23.7 Å². The van der Waals surface area contributed by atoms with Crippen LogP contribution in [0.5, 0.6) is 0 Å². The Hall–Kier alpha value is -0.570. The minimum Gasteiger partial charge on any atom is -0.462 e. The minimum atomic E-state index is -0.140. The van der Waals surface area contributed by atoms with Gasteiger partial charge in [-0.2, -0.15) is 0 Å². The molecule has 0 radical (unpaired) electrons. The summed E-state index contributed by atoms with van der Waals surface area (Å²) in [5, 5.41) is 0. The first kappa shape index (κ1) is 14.4. The van der Waals surface area contributed by atoms with E-state index >= 15 is 0 Å². The fraction of sp³-hybridized carbons (Fsp3) is 0.941. The lowest BCUT2D eigenvalue weighted by molar-refractivity contribution is -0.173. The van der Waals surface area contributed by atoms with Crippen LogP contribution in [0.1, 0.15) is 60.3 Å². The Labute approximate surface area is 122 Å². The highest BCUT2D eigenvalue weighted by Gasteiger charge is 2.63. The summed E-state index contributed by atoms with van der Waals surface area (Å²) in [7, 11) is 0. The minimum absolute atomic E-state index is 0.0302. The molecule has 0 amide bonds. The van der Waals surface area contributed by atoms with E-state index in [2.05, 4.69) is 27.7 Å². The van der Waals surface area contributed by atoms with Gasteiger partial charge < -0.3 is 9.47 Å². The SMILES string of the molecule is CC(=O)O[C@H]1C[C@@H]2C[C@@]3(OC2(C)C)[C@H](C)CC[C@@H]3[C@H]1C. The van der Waals surface area contributed by atoms with Crippen molar-refractivity contribution < 1.29 is 14.3 Å². The molecule has 2 aliphatic carbocycles. The number of esters is 1. The van der Waals surface area contributed by atoms with Gasteiger partial charge >= 0.3 is 5.97 Å². The summed E-state index contributed by atoms with van der Waals surface area (Å²) in [5.41, 5.74) is -0.0577. The smallest absolute Gasteiger partial charge is 0.302 e. The molecule has 0 aromatic heterocycles. The predicted octanol–water partition coefficient (Wildman–Crippen LogP) is 3.56. The largest absolute Gasteiger partial charge is 0.462 e. The first-order chi connectivity index (χ1) is 9.26. The maximum absolute atomic E-state index is 11.4. The van der Waals surface area contributed by atoms with Crippen molar-refractivity contribution in [2.75, 3.05) is 0 Å². The molecule has 3 fully saturated rings. The zero-order valence-corrected chi connectivity index (χ0v) is 13.4. The van der Waals surface area contributed by atoms with Crippen LogP contribution in [0.3, 0.4) is 0 Å².